The predicted octanol–water partition coefficient (Wildman–Crippen LogP) is -0.694. The Morgan fingerprint density at radius 3 is 2.63 bits per heavy atom. The first-order chi connectivity index (χ1) is 8.90. The summed E-state index contributed by atoms with van der Waals surface area (Å²) in [5.74, 6) is -2.35. The van der Waals surface area contributed by atoms with Gasteiger partial charge < -0.3 is 21.1 Å². The minimum atomic E-state index is -1.25. The zero-order valence-electron chi connectivity index (χ0n) is 11.1. The summed E-state index contributed by atoms with van der Waals surface area (Å²) < 4.78 is 0. The molecule has 0 saturated carbocycles. The Labute approximate surface area is 112 Å². The molecule has 1 aliphatic heterocycles. The van der Waals surface area contributed by atoms with Gasteiger partial charge in [-0.25, -0.2) is 4.79 Å². The molecule has 1 saturated heterocycles. The van der Waals surface area contributed by atoms with Crippen LogP contribution >= 0.6 is 0 Å². The van der Waals surface area contributed by atoms with Crippen LogP contribution in [0.3, 0.4) is 0 Å². The van der Waals surface area contributed by atoms with E-state index >= 15 is 0 Å². The molecule has 0 aromatic rings. The average molecular weight is 271 g/mol. The Bertz CT molecular complexity index is 359. The Morgan fingerprint density at radius 1 is 1.42 bits per heavy atom. The fraction of sp³-hybridized carbons (Fsp3) is 0.750. The summed E-state index contributed by atoms with van der Waals surface area (Å²) >= 11 is 0. The van der Waals surface area contributed by atoms with Gasteiger partial charge in [0.25, 0.3) is 0 Å². The summed E-state index contributed by atoms with van der Waals surface area (Å²) in [6.07, 6.45) is 2.98. The molecule has 0 spiro atoms. The number of carboxylic acids is 1. The lowest BCUT2D eigenvalue weighted by Gasteiger charge is -2.32. The molecule has 1 aliphatic rings. The molecule has 1 fully saturated rings. The molecule has 1 heterocycles. The van der Waals surface area contributed by atoms with Crippen molar-refractivity contribution in [3.05, 3.63) is 0 Å². The number of primary amides is 1. The van der Waals surface area contributed by atoms with Crippen molar-refractivity contribution in [2.45, 2.75) is 44.2 Å². The van der Waals surface area contributed by atoms with Gasteiger partial charge in [-0.1, -0.05) is 6.42 Å². The first-order valence-corrected chi connectivity index (χ1v) is 6.41. The molecule has 0 radical (unpaired) electrons. The Hall–Kier alpha value is -1.63. The first-order valence-electron chi connectivity index (χ1n) is 6.41. The summed E-state index contributed by atoms with van der Waals surface area (Å²) in [5.41, 5.74) is 4.95. The lowest BCUT2D eigenvalue weighted by Crippen LogP contribution is -2.46. The monoisotopic (exact) mass is 271 g/mol. The summed E-state index contributed by atoms with van der Waals surface area (Å²) in [6, 6.07) is -1.10. The van der Waals surface area contributed by atoms with E-state index in [1.807, 2.05) is 7.05 Å². The van der Waals surface area contributed by atoms with Crippen LogP contribution in [0.4, 0.5) is 0 Å². The number of nitrogens with zero attached hydrogens (tertiary/aromatic N) is 1. The molecule has 0 bridgehead atoms. The Kier molecular flexibility index (Phi) is 5.75. The highest BCUT2D eigenvalue weighted by atomic mass is 16.4. The van der Waals surface area contributed by atoms with Gasteiger partial charge in [0.1, 0.15) is 6.04 Å². The minimum absolute atomic E-state index is 0.136. The molecule has 2 atom stereocenters. The van der Waals surface area contributed by atoms with Crippen molar-refractivity contribution in [2.75, 3.05) is 13.6 Å². The van der Waals surface area contributed by atoms with Gasteiger partial charge >= 0.3 is 5.97 Å². The number of carboxylic acid groups (broad SMARTS) is 1. The van der Waals surface area contributed by atoms with Crippen LogP contribution in [0, 0.1) is 0 Å². The van der Waals surface area contributed by atoms with Crippen molar-refractivity contribution in [2.24, 2.45) is 5.73 Å². The average Bonchev–Trinajstić information content (AvgIpc) is 2.30. The van der Waals surface area contributed by atoms with Gasteiger partial charge in [-0.05, 0) is 26.4 Å². The smallest absolute Gasteiger partial charge is 0.326 e. The summed E-state index contributed by atoms with van der Waals surface area (Å²) in [7, 11) is 1.95. The van der Waals surface area contributed by atoms with E-state index in [-0.39, 0.29) is 24.8 Å². The standard InChI is InChI=1S/C12H21N3O4/c1-15-5-3-2-4-8(15)6-11(17)14-9(12(18)19)7-10(13)16/h8-9H,2-7H2,1H3,(H2,13,16)(H,14,17)(H,18,19)/t8?,9-/m0/s1. The molecule has 19 heavy (non-hydrogen) atoms. The third-order valence-electron chi connectivity index (χ3n) is 3.38. The molecular weight excluding hydrogens is 250 g/mol. The normalized spacial score (nSPS) is 21.6. The highest BCUT2D eigenvalue weighted by Gasteiger charge is 2.26. The predicted molar refractivity (Wildman–Crippen MR) is 68.3 cm³/mol. The molecule has 0 aromatic carbocycles. The van der Waals surface area contributed by atoms with E-state index in [1.54, 1.807) is 0 Å². The molecule has 2 amide bonds. The van der Waals surface area contributed by atoms with Crippen LogP contribution < -0.4 is 11.1 Å². The van der Waals surface area contributed by atoms with Gasteiger partial charge in [-0.15, -0.1) is 0 Å². The van der Waals surface area contributed by atoms with Crippen LogP contribution in [0.25, 0.3) is 0 Å². The maximum Gasteiger partial charge on any atom is 0.326 e. The van der Waals surface area contributed by atoms with Crippen LogP contribution in [0.1, 0.15) is 32.1 Å². The number of piperidine rings is 1. The van der Waals surface area contributed by atoms with Crippen LogP contribution in [0.5, 0.6) is 0 Å². The highest BCUT2D eigenvalue weighted by molar-refractivity contribution is 5.88. The number of rotatable bonds is 6. The third-order valence-corrected chi connectivity index (χ3v) is 3.38. The second-order valence-electron chi connectivity index (χ2n) is 4.96. The number of carbonyl (C=O) groups is 3. The highest BCUT2D eigenvalue weighted by Crippen LogP contribution is 2.17. The number of amides is 2. The van der Waals surface area contributed by atoms with Gasteiger partial charge in [-0.3, -0.25) is 9.59 Å². The van der Waals surface area contributed by atoms with Crippen LogP contribution in [-0.4, -0.2) is 53.5 Å². The van der Waals surface area contributed by atoms with Gasteiger partial charge in [0, 0.05) is 12.5 Å². The van der Waals surface area contributed by atoms with E-state index in [2.05, 4.69) is 10.2 Å². The third kappa shape index (κ3) is 5.25. The van der Waals surface area contributed by atoms with E-state index in [0.717, 1.165) is 25.8 Å². The van der Waals surface area contributed by atoms with E-state index in [1.165, 1.54) is 0 Å². The van der Waals surface area contributed by atoms with Crippen molar-refractivity contribution in [3.63, 3.8) is 0 Å². The molecule has 1 rings (SSSR count). The van der Waals surface area contributed by atoms with E-state index in [9.17, 15) is 14.4 Å². The Morgan fingerprint density at radius 2 is 2.11 bits per heavy atom. The lowest BCUT2D eigenvalue weighted by atomic mass is 9.99. The number of nitrogens with one attached hydrogen (secondary N) is 1. The molecule has 0 aromatic heterocycles. The quantitative estimate of drug-likeness (QED) is 0.591. The second-order valence-corrected chi connectivity index (χ2v) is 4.96. The number of aliphatic carboxylic acids is 1. The fourth-order valence-corrected chi connectivity index (χ4v) is 2.27. The van der Waals surface area contributed by atoms with E-state index < -0.39 is 17.9 Å². The van der Waals surface area contributed by atoms with Crippen molar-refractivity contribution in [1.29, 1.82) is 0 Å². The lowest BCUT2D eigenvalue weighted by molar-refractivity contribution is -0.143. The molecular formula is C12H21N3O4. The molecule has 7 heteroatoms. The largest absolute Gasteiger partial charge is 0.480 e. The molecule has 7 nitrogen and oxygen atoms in total. The SMILES string of the molecule is CN1CCCCC1CC(=O)N[C@@H](CC(N)=O)C(=O)O. The van der Waals surface area contributed by atoms with Crippen molar-refractivity contribution in [1.82, 2.24) is 10.2 Å². The zero-order valence-corrected chi connectivity index (χ0v) is 11.1. The number of nitrogens with two attached hydrogens (primary N) is 1. The Balaban J connectivity index is 2.47. The topological polar surface area (TPSA) is 113 Å². The van der Waals surface area contributed by atoms with Crippen molar-refractivity contribution >= 4 is 17.8 Å². The van der Waals surface area contributed by atoms with Gasteiger partial charge in [0.05, 0.1) is 6.42 Å². The van der Waals surface area contributed by atoms with Gasteiger partial charge in [0.2, 0.25) is 11.8 Å². The van der Waals surface area contributed by atoms with Gasteiger partial charge in [-0.2, -0.15) is 0 Å². The van der Waals surface area contributed by atoms with Gasteiger partial charge in [0.15, 0.2) is 0 Å². The van der Waals surface area contributed by atoms with E-state index in [0.29, 0.717) is 0 Å². The first kappa shape index (κ1) is 15.4. The second kappa shape index (κ2) is 7.08. The fourth-order valence-electron chi connectivity index (χ4n) is 2.27. The molecule has 1 unspecified atom stereocenters. The van der Waals surface area contributed by atoms with E-state index in [4.69, 9.17) is 10.8 Å². The molecule has 0 aliphatic carbocycles. The van der Waals surface area contributed by atoms with Crippen molar-refractivity contribution < 1.29 is 19.5 Å². The summed E-state index contributed by atoms with van der Waals surface area (Å²) in [4.78, 5) is 35.5. The van der Waals surface area contributed by atoms with Crippen LogP contribution in [0.2, 0.25) is 0 Å². The van der Waals surface area contributed by atoms with Crippen LogP contribution in [0.15, 0.2) is 0 Å². The number of hydrogen-bond donors (Lipinski definition) is 3. The minimum Gasteiger partial charge on any atom is -0.480 e. The maximum absolute atomic E-state index is 11.8. The summed E-state index contributed by atoms with van der Waals surface area (Å²) in [6.45, 7) is 0.946. The number of carbonyl (C=O) groups excluding carboxylic acids is 2. The summed E-state index contributed by atoms with van der Waals surface area (Å²) in [5, 5.41) is 11.2. The molecule has 4 N–H and O–H groups in total. The number of hydrogen-bond acceptors (Lipinski definition) is 4. The van der Waals surface area contributed by atoms with Crippen LogP contribution in [-0.2, 0) is 14.4 Å². The van der Waals surface area contributed by atoms with Crippen molar-refractivity contribution in [3.8, 4) is 0 Å². The molecule has 108 valence electrons. The maximum atomic E-state index is 11.8. The number of likely N-dealkylation sites (tertiary alicyclic amines) is 1. The zero-order chi connectivity index (χ0) is 14.4.